The molecule has 0 aliphatic rings. The number of nitrogens with one attached hydrogen (secondary N) is 1. The van der Waals surface area contributed by atoms with Gasteiger partial charge in [-0.3, -0.25) is 9.97 Å². The van der Waals surface area contributed by atoms with Crippen molar-refractivity contribution in [3.63, 3.8) is 0 Å². The molecule has 3 heterocycles. The van der Waals surface area contributed by atoms with Crippen molar-refractivity contribution in [1.29, 1.82) is 0 Å². The van der Waals surface area contributed by atoms with Crippen LogP contribution < -0.4 is 0 Å². The Hall–Kier alpha value is -3.53. The lowest BCUT2D eigenvalue weighted by Gasteiger charge is -2.03. The van der Waals surface area contributed by atoms with E-state index in [1.165, 1.54) is 0 Å². The number of fused-ring (bicyclic) bond motifs is 6. The minimum Gasteiger partial charge on any atom is -0.338 e. The van der Waals surface area contributed by atoms with Crippen LogP contribution in [0.1, 0.15) is 11.4 Å². The molecule has 0 radical (unpaired) electrons. The lowest BCUT2D eigenvalue weighted by molar-refractivity contribution is 1.30. The molecule has 4 heteroatoms. The van der Waals surface area contributed by atoms with Crippen molar-refractivity contribution in [2.75, 3.05) is 0 Å². The Balaban J connectivity index is 1.78. The Morgan fingerprint density at radius 2 is 1.40 bits per heavy atom. The van der Waals surface area contributed by atoms with Crippen LogP contribution >= 0.6 is 0 Å². The molecule has 5 rings (SSSR count). The molecule has 0 aliphatic carbocycles. The van der Waals surface area contributed by atoms with E-state index in [1.54, 1.807) is 12.4 Å². The molecular weight excluding hydrogens is 308 g/mol. The summed E-state index contributed by atoms with van der Waals surface area (Å²) in [4.78, 5) is 17.3. The van der Waals surface area contributed by atoms with Gasteiger partial charge in [0.15, 0.2) is 0 Å². The van der Waals surface area contributed by atoms with Crippen LogP contribution in [0.15, 0.2) is 67.0 Å². The molecule has 0 spiro atoms. The highest BCUT2D eigenvalue weighted by Gasteiger charge is 2.13. The van der Waals surface area contributed by atoms with Crippen LogP contribution in [0, 0.1) is 0 Å². The second kappa shape index (κ2) is 5.53. The summed E-state index contributed by atoms with van der Waals surface area (Å²) in [7, 11) is 0. The van der Waals surface area contributed by atoms with E-state index >= 15 is 0 Å². The van der Waals surface area contributed by atoms with Crippen LogP contribution in [0.2, 0.25) is 0 Å². The fourth-order valence-electron chi connectivity index (χ4n) is 3.18. The third kappa shape index (κ3) is 2.27. The number of aromatic nitrogens is 4. The number of benzene rings is 2. The van der Waals surface area contributed by atoms with E-state index in [4.69, 9.17) is 4.98 Å². The summed E-state index contributed by atoms with van der Waals surface area (Å²) in [6.07, 6.45) is 7.65. The first-order chi connectivity index (χ1) is 12.4. The van der Waals surface area contributed by atoms with Gasteiger partial charge in [-0.05, 0) is 35.9 Å². The Morgan fingerprint density at radius 1 is 0.680 bits per heavy atom. The van der Waals surface area contributed by atoms with Crippen molar-refractivity contribution in [3.05, 3.63) is 78.4 Å². The highest BCUT2D eigenvalue weighted by molar-refractivity contribution is 6.20. The predicted molar refractivity (Wildman–Crippen MR) is 102 cm³/mol. The summed E-state index contributed by atoms with van der Waals surface area (Å²) < 4.78 is 0. The lowest BCUT2D eigenvalue weighted by Crippen LogP contribution is -1.86. The third-order valence-corrected chi connectivity index (χ3v) is 4.32. The van der Waals surface area contributed by atoms with Gasteiger partial charge in [0.2, 0.25) is 0 Å². The normalized spacial score (nSPS) is 11.8. The molecule has 0 bridgehead atoms. The SMILES string of the molecule is C(=Cc1nc2c3cccnc3c3ncccc3c2[nH]1)c1ccccc1. The van der Waals surface area contributed by atoms with E-state index in [-0.39, 0.29) is 0 Å². The Morgan fingerprint density at radius 3 is 2.20 bits per heavy atom. The number of imidazole rings is 1. The molecule has 25 heavy (non-hydrogen) atoms. The largest absolute Gasteiger partial charge is 0.338 e. The van der Waals surface area contributed by atoms with E-state index in [0.29, 0.717) is 0 Å². The first-order valence-corrected chi connectivity index (χ1v) is 8.14. The van der Waals surface area contributed by atoms with Crippen LogP contribution in [0.25, 0.3) is 45.0 Å². The van der Waals surface area contributed by atoms with E-state index in [0.717, 1.165) is 44.2 Å². The van der Waals surface area contributed by atoms with Crippen molar-refractivity contribution in [2.24, 2.45) is 0 Å². The minimum atomic E-state index is 0.820. The fourth-order valence-corrected chi connectivity index (χ4v) is 3.18. The first kappa shape index (κ1) is 13.9. The van der Waals surface area contributed by atoms with Crippen molar-refractivity contribution < 1.29 is 0 Å². The van der Waals surface area contributed by atoms with Gasteiger partial charge in [-0.2, -0.15) is 0 Å². The van der Waals surface area contributed by atoms with Gasteiger partial charge in [0.05, 0.1) is 22.1 Å². The molecule has 2 aromatic carbocycles. The molecule has 118 valence electrons. The molecule has 0 fully saturated rings. The van der Waals surface area contributed by atoms with E-state index in [9.17, 15) is 0 Å². The number of pyridine rings is 2. The van der Waals surface area contributed by atoms with Crippen molar-refractivity contribution in [1.82, 2.24) is 19.9 Å². The average Bonchev–Trinajstić information content (AvgIpc) is 3.12. The zero-order valence-corrected chi connectivity index (χ0v) is 13.3. The molecule has 0 atom stereocenters. The summed E-state index contributed by atoms with van der Waals surface area (Å²) >= 11 is 0. The maximum Gasteiger partial charge on any atom is 0.131 e. The first-order valence-electron chi connectivity index (χ1n) is 8.14. The maximum absolute atomic E-state index is 4.80. The smallest absolute Gasteiger partial charge is 0.131 e. The topological polar surface area (TPSA) is 54.5 Å². The molecule has 0 saturated heterocycles. The number of hydrogen-bond donors (Lipinski definition) is 1. The number of nitrogens with zero attached hydrogens (tertiary/aromatic N) is 3. The minimum absolute atomic E-state index is 0.820. The van der Waals surface area contributed by atoms with Crippen molar-refractivity contribution in [2.45, 2.75) is 0 Å². The Labute approximate surface area is 143 Å². The van der Waals surface area contributed by atoms with Crippen LogP contribution in [-0.2, 0) is 0 Å². The summed E-state index contributed by atoms with van der Waals surface area (Å²) in [5, 5.41) is 2.05. The zero-order chi connectivity index (χ0) is 16.6. The van der Waals surface area contributed by atoms with Gasteiger partial charge in [-0.25, -0.2) is 4.98 Å². The zero-order valence-electron chi connectivity index (χ0n) is 13.3. The molecule has 4 nitrogen and oxygen atoms in total. The van der Waals surface area contributed by atoms with Crippen LogP contribution in [-0.4, -0.2) is 19.9 Å². The fraction of sp³-hybridized carbons (Fsp3) is 0. The molecular formula is C21H14N4. The Bertz CT molecular complexity index is 1160. The lowest BCUT2D eigenvalue weighted by atomic mass is 10.1. The molecule has 5 aromatic rings. The number of aromatic amines is 1. The van der Waals surface area contributed by atoms with Crippen molar-refractivity contribution in [3.8, 4) is 0 Å². The van der Waals surface area contributed by atoms with E-state index in [1.807, 2.05) is 42.5 Å². The number of hydrogen-bond acceptors (Lipinski definition) is 3. The Kier molecular flexibility index (Phi) is 3.07. The number of H-pyrrole nitrogens is 1. The van der Waals surface area contributed by atoms with E-state index < -0.39 is 0 Å². The van der Waals surface area contributed by atoms with E-state index in [2.05, 4.69) is 39.2 Å². The van der Waals surface area contributed by atoms with Gasteiger partial charge in [0, 0.05) is 23.2 Å². The summed E-state index contributed by atoms with van der Waals surface area (Å²) in [6.45, 7) is 0. The second-order valence-corrected chi connectivity index (χ2v) is 5.89. The molecule has 0 aliphatic heterocycles. The summed E-state index contributed by atoms with van der Waals surface area (Å²) in [5.74, 6) is 0.820. The van der Waals surface area contributed by atoms with Gasteiger partial charge in [0.25, 0.3) is 0 Å². The molecule has 0 amide bonds. The quantitative estimate of drug-likeness (QED) is 0.474. The van der Waals surface area contributed by atoms with Gasteiger partial charge in [0.1, 0.15) is 5.82 Å². The molecule has 0 saturated carbocycles. The second-order valence-electron chi connectivity index (χ2n) is 5.89. The van der Waals surface area contributed by atoms with Crippen LogP contribution in [0.5, 0.6) is 0 Å². The van der Waals surface area contributed by atoms with Crippen molar-refractivity contribution >= 4 is 45.0 Å². The maximum atomic E-state index is 4.80. The third-order valence-electron chi connectivity index (χ3n) is 4.32. The predicted octanol–water partition coefficient (Wildman–Crippen LogP) is 4.83. The average molecular weight is 322 g/mol. The van der Waals surface area contributed by atoms with Gasteiger partial charge >= 0.3 is 0 Å². The monoisotopic (exact) mass is 322 g/mol. The van der Waals surface area contributed by atoms with Gasteiger partial charge in [-0.1, -0.05) is 36.4 Å². The molecule has 1 N–H and O–H groups in total. The standard InChI is InChI=1S/C21H14N4/c1-2-6-14(7-3-1)10-11-17-24-20-15-8-4-12-22-18(15)19-16(21(20)25-17)9-5-13-23-19/h1-13H,(H,24,25). The van der Waals surface area contributed by atoms with Crippen LogP contribution in [0.4, 0.5) is 0 Å². The number of rotatable bonds is 2. The summed E-state index contributed by atoms with van der Waals surface area (Å²) in [5.41, 5.74) is 4.84. The highest BCUT2D eigenvalue weighted by Crippen LogP contribution is 2.31. The van der Waals surface area contributed by atoms with Crippen LogP contribution in [0.3, 0.4) is 0 Å². The summed E-state index contributed by atoms with van der Waals surface area (Å²) in [6, 6.07) is 18.2. The molecule has 3 aromatic heterocycles. The van der Waals surface area contributed by atoms with Gasteiger partial charge < -0.3 is 4.98 Å². The van der Waals surface area contributed by atoms with Gasteiger partial charge in [-0.15, -0.1) is 0 Å². The molecule has 0 unspecified atom stereocenters. The highest BCUT2D eigenvalue weighted by atomic mass is 14.9.